The first kappa shape index (κ1) is 26.9. The third-order valence-electron chi connectivity index (χ3n) is 5.92. The number of carbonyl (C=O) groups is 2. The van der Waals surface area contributed by atoms with Crippen LogP contribution in [0.4, 0.5) is 4.39 Å². The van der Waals surface area contributed by atoms with E-state index in [1.54, 1.807) is 12.1 Å². The third-order valence-corrected chi connectivity index (χ3v) is 5.92. The van der Waals surface area contributed by atoms with Crippen LogP contribution in [-0.2, 0) is 29.0 Å². The maximum absolute atomic E-state index is 13.5. The second-order valence-electron chi connectivity index (χ2n) is 9.28. The number of benzene rings is 3. The largest absolute Gasteiger partial charge is 0.484 e. The maximum atomic E-state index is 13.5. The lowest BCUT2D eigenvalue weighted by Gasteiger charge is -2.31. The molecule has 0 aliphatic carbocycles. The van der Waals surface area contributed by atoms with Crippen molar-refractivity contribution in [3.8, 4) is 5.75 Å². The third kappa shape index (κ3) is 8.22. The van der Waals surface area contributed by atoms with Gasteiger partial charge in [-0.05, 0) is 53.3 Å². The van der Waals surface area contributed by atoms with Gasteiger partial charge in [-0.3, -0.25) is 9.59 Å². The van der Waals surface area contributed by atoms with Gasteiger partial charge in [0.1, 0.15) is 17.6 Å². The fraction of sp³-hybridized carbons (Fsp3) is 0.333. The van der Waals surface area contributed by atoms with E-state index in [9.17, 15) is 14.0 Å². The summed E-state index contributed by atoms with van der Waals surface area (Å²) in [5, 5.41) is 2.99. The van der Waals surface area contributed by atoms with E-state index < -0.39 is 6.04 Å². The van der Waals surface area contributed by atoms with Crippen molar-refractivity contribution in [1.82, 2.24) is 10.2 Å². The summed E-state index contributed by atoms with van der Waals surface area (Å²) in [5.41, 5.74) is 2.85. The molecule has 3 rings (SSSR count). The summed E-state index contributed by atoms with van der Waals surface area (Å²) in [7, 11) is 0. The van der Waals surface area contributed by atoms with Crippen LogP contribution in [0.3, 0.4) is 0 Å². The SMILES string of the molecule is CCc1ccc(OCC(=O)N(Cc2ccc(F)cc2)[C@H](Cc2ccccc2)C(=O)NCC(C)C)cc1. The molecule has 0 bridgehead atoms. The number of ether oxygens (including phenoxy) is 1. The molecule has 36 heavy (non-hydrogen) atoms. The Morgan fingerprint density at radius 2 is 1.53 bits per heavy atom. The van der Waals surface area contributed by atoms with Gasteiger partial charge in [-0.25, -0.2) is 4.39 Å². The predicted octanol–water partition coefficient (Wildman–Crippen LogP) is 5.18. The number of halogens is 1. The van der Waals surface area contributed by atoms with Crippen LogP contribution in [0.2, 0.25) is 0 Å². The van der Waals surface area contributed by atoms with Crippen molar-refractivity contribution in [1.29, 1.82) is 0 Å². The summed E-state index contributed by atoms with van der Waals surface area (Å²) in [5.74, 6) is -0.0472. The molecule has 1 atom stereocenters. The molecule has 0 unspecified atom stereocenters. The van der Waals surface area contributed by atoms with E-state index >= 15 is 0 Å². The number of aryl methyl sites for hydroxylation is 1. The van der Waals surface area contributed by atoms with E-state index in [2.05, 4.69) is 12.2 Å². The molecule has 0 aliphatic rings. The number of hydrogen-bond acceptors (Lipinski definition) is 3. The molecule has 2 amide bonds. The van der Waals surface area contributed by atoms with Crippen molar-refractivity contribution in [3.05, 3.63) is 101 Å². The van der Waals surface area contributed by atoms with Crippen molar-refractivity contribution < 1.29 is 18.7 Å². The van der Waals surface area contributed by atoms with Gasteiger partial charge < -0.3 is 15.0 Å². The highest BCUT2D eigenvalue weighted by Crippen LogP contribution is 2.17. The van der Waals surface area contributed by atoms with E-state index in [0.717, 1.165) is 17.5 Å². The first-order chi connectivity index (χ1) is 17.4. The first-order valence-electron chi connectivity index (χ1n) is 12.4. The molecule has 6 heteroatoms. The van der Waals surface area contributed by atoms with Gasteiger partial charge in [0.05, 0.1) is 0 Å². The Morgan fingerprint density at radius 1 is 0.889 bits per heavy atom. The van der Waals surface area contributed by atoms with Gasteiger partial charge in [-0.1, -0.05) is 75.4 Å². The maximum Gasteiger partial charge on any atom is 0.261 e. The van der Waals surface area contributed by atoms with Crippen LogP contribution in [0.15, 0.2) is 78.9 Å². The van der Waals surface area contributed by atoms with E-state index in [-0.39, 0.29) is 36.7 Å². The van der Waals surface area contributed by atoms with Gasteiger partial charge in [0.15, 0.2) is 6.61 Å². The second-order valence-corrected chi connectivity index (χ2v) is 9.28. The topological polar surface area (TPSA) is 58.6 Å². The van der Waals surface area contributed by atoms with Crippen molar-refractivity contribution in [3.63, 3.8) is 0 Å². The summed E-state index contributed by atoms with van der Waals surface area (Å²) in [4.78, 5) is 28.5. The zero-order chi connectivity index (χ0) is 25.9. The minimum absolute atomic E-state index is 0.157. The second kappa shape index (κ2) is 13.4. The van der Waals surface area contributed by atoms with Crippen LogP contribution in [0, 0.1) is 11.7 Å². The number of hydrogen-bond donors (Lipinski definition) is 1. The molecule has 0 fully saturated rings. The average molecular weight is 491 g/mol. The van der Waals surface area contributed by atoms with Crippen LogP contribution < -0.4 is 10.1 Å². The first-order valence-corrected chi connectivity index (χ1v) is 12.4. The lowest BCUT2D eigenvalue weighted by molar-refractivity contribution is -0.142. The highest BCUT2D eigenvalue weighted by molar-refractivity contribution is 5.88. The van der Waals surface area contributed by atoms with Crippen LogP contribution in [0.25, 0.3) is 0 Å². The molecule has 1 N–H and O–H groups in total. The number of nitrogens with zero attached hydrogens (tertiary/aromatic N) is 1. The van der Waals surface area contributed by atoms with Crippen molar-refractivity contribution in [2.75, 3.05) is 13.2 Å². The summed E-state index contributed by atoms with van der Waals surface area (Å²) >= 11 is 0. The Kier molecular flexibility index (Phi) is 10.0. The summed E-state index contributed by atoms with van der Waals surface area (Å²) in [6.45, 7) is 6.56. The minimum Gasteiger partial charge on any atom is -0.484 e. The van der Waals surface area contributed by atoms with E-state index in [0.29, 0.717) is 18.7 Å². The van der Waals surface area contributed by atoms with Gasteiger partial charge in [-0.2, -0.15) is 0 Å². The molecule has 3 aromatic carbocycles. The predicted molar refractivity (Wildman–Crippen MR) is 140 cm³/mol. The van der Waals surface area contributed by atoms with Crippen molar-refractivity contribution >= 4 is 11.8 Å². The minimum atomic E-state index is -0.755. The molecule has 0 aliphatic heterocycles. The summed E-state index contributed by atoms with van der Waals surface area (Å²) < 4.78 is 19.3. The van der Waals surface area contributed by atoms with Gasteiger partial charge in [-0.15, -0.1) is 0 Å². The van der Waals surface area contributed by atoms with E-state index in [1.807, 2.05) is 68.4 Å². The Bertz CT molecular complexity index is 1100. The molecule has 0 heterocycles. The zero-order valence-corrected chi connectivity index (χ0v) is 21.2. The van der Waals surface area contributed by atoms with Gasteiger partial charge in [0, 0.05) is 19.5 Å². The fourth-order valence-corrected chi connectivity index (χ4v) is 3.81. The fourth-order valence-electron chi connectivity index (χ4n) is 3.81. The highest BCUT2D eigenvalue weighted by Gasteiger charge is 2.30. The monoisotopic (exact) mass is 490 g/mol. The number of amides is 2. The van der Waals surface area contributed by atoms with Crippen molar-refractivity contribution in [2.24, 2.45) is 5.92 Å². The molecule has 0 aromatic heterocycles. The molecule has 0 radical (unpaired) electrons. The zero-order valence-electron chi connectivity index (χ0n) is 21.2. The summed E-state index contributed by atoms with van der Waals surface area (Å²) in [6, 6.07) is 22.4. The van der Waals surface area contributed by atoms with Crippen LogP contribution in [0.1, 0.15) is 37.5 Å². The standard InChI is InChI=1S/C30H35FN2O3/c1-4-23-12-16-27(17-13-23)36-21-29(34)33(20-25-10-14-26(31)15-11-25)28(30(35)32-19-22(2)3)18-24-8-6-5-7-9-24/h5-17,22,28H,4,18-21H2,1-3H3,(H,32,35)/t28-/m1/s1. The molecule has 3 aromatic rings. The molecule has 0 saturated carbocycles. The van der Waals surface area contributed by atoms with Gasteiger partial charge in [0.25, 0.3) is 5.91 Å². The molecule has 190 valence electrons. The number of carbonyl (C=O) groups excluding carboxylic acids is 2. The molecule has 0 saturated heterocycles. The van der Waals surface area contributed by atoms with Crippen LogP contribution in [0.5, 0.6) is 5.75 Å². The normalized spacial score (nSPS) is 11.7. The van der Waals surface area contributed by atoms with E-state index in [1.165, 1.54) is 22.6 Å². The van der Waals surface area contributed by atoms with E-state index in [4.69, 9.17) is 4.74 Å². The molecule has 0 spiro atoms. The Morgan fingerprint density at radius 3 is 2.14 bits per heavy atom. The average Bonchev–Trinajstić information content (AvgIpc) is 2.89. The lowest BCUT2D eigenvalue weighted by atomic mass is 10.0. The summed E-state index contributed by atoms with van der Waals surface area (Å²) in [6.07, 6.45) is 1.26. The van der Waals surface area contributed by atoms with Crippen LogP contribution >= 0.6 is 0 Å². The smallest absolute Gasteiger partial charge is 0.261 e. The Balaban J connectivity index is 1.87. The number of nitrogens with one attached hydrogen (secondary N) is 1. The number of rotatable bonds is 12. The van der Waals surface area contributed by atoms with Gasteiger partial charge in [0.2, 0.25) is 5.91 Å². The van der Waals surface area contributed by atoms with Crippen LogP contribution in [-0.4, -0.2) is 35.9 Å². The highest BCUT2D eigenvalue weighted by atomic mass is 19.1. The molecular weight excluding hydrogens is 455 g/mol. The molecule has 5 nitrogen and oxygen atoms in total. The van der Waals surface area contributed by atoms with Crippen molar-refractivity contribution in [2.45, 2.75) is 46.2 Å². The Hall–Kier alpha value is -3.67. The van der Waals surface area contributed by atoms with Gasteiger partial charge >= 0.3 is 0 Å². The Labute approximate surface area is 213 Å². The lowest BCUT2D eigenvalue weighted by Crippen LogP contribution is -2.52. The molecular formula is C30H35FN2O3. The quantitative estimate of drug-likeness (QED) is 0.381.